The van der Waals surface area contributed by atoms with Crippen LogP contribution >= 0.6 is 0 Å². The number of piperidine rings is 1. The minimum Gasteiger partial charge on any atom is -0.395 e. The van der Waals surface area contributed by atoms with Crippen LogP contribution in [0.4, 0.5) is 0 Å². The summed E-state index contributed by atoms with van der Waals surface area (Å²) in [6.07, 6.45) is 4.67. The third-order valence-corrected chi connectivity index (χ3v) is 5.56. The standard InChI is InChI=1S/C10H20N2O3S/c13-9-10-5-4-8-12(10)16(14,15)11-6-2-1-3-7-11/h10,13H,1-9H2. The molecule has 0 aromatic heterocycles. The van der Waals surface area contributed by atoms with E-state index >= 15 is 0 Å². The third kappa shape index (κ3) is 2.25. The Hall–Kier alpha value is -0.170. The van der Waals surface area contributed by atoms with Gasteiger partial charge >= 0.3 is 0 Å². The zero-order chi connectivity index (χ0) is 11.6. The highest BCUT2D eigenvalue weighted by atomic mass is 32.2. The Morgan fingerprint density at radius 2 is 1.75 bits per heavy atom. The van der Waals surface area contributed by atoms with Crippen molar-refractivity contribution < 1.29 is 13.5 Å². The van der Waals surface area contributed by atoms with Gasteiger partial charge in [-0.05, 0) is 25.7 Å². The molecule has 1 unspecified atom stereocenters. The topological polar surface area (TPSA) is 60.9 Å². The fourth-order valence-corrected chi connectivity index (χ4v) is 4.46. The van der Waals surface area contributed by atoms with Gasteiger partial charge in [0.15, 0.2) is 0 Å². The Morgan fingerprint density at radius 3 is 2.38 bits per heavy atom. The summed E-state index contributed by atoms with van der Waals surface area (Å²) in [5, 5.41) is 9.17. The smallest absolute Gasteiger partial charge is 0.282 e. The monoisotopic (exact) mass is 248 g/mol. The predicted octanol–water partition coefficient (Wildman–Crippen LogP) is 0.174. The van der Waals surface area contributed by atoms with Gasteiger partial charge < -0.3 is 5.11 Å². The van der Waals surface area contributed by atoms with Gasteiger partial charge in [0.2, 0.25) is 0 Å². The number of nitrogens with zero attached hydrogens (tertiary/aromatic N) is 2. The minimum atomic E-state index is -3.32. The molecule has 6 heteroatoms. The molecule has 2 aliphatic rings. The largest absolute Gasteiger partial charge is 0.395 e. The van der Waals surface area contributed by atoms with Crippen molar-refractivity contribution in [1.29, 1.82) is 0 Å². The zero-order valence-electron chi connectivity index (χ0n) is 9.51. The number of hydrogen-bond acceptors (Lipinski definition) is 3. The van der Waals surface area contributed by atoms with E-state index in [2.05, 4.69) is 0 Å². The second kappa shape index (κ2) is 5.00. The molecule has 2 aliphatic heterocycles. The molecule has 0 aromatic carbocycles. The third-order valence-electron chi connectivity index (χ3n) is 3.47. The van der Waals surface area contributed by atoms with E-state index in [0.29, 0.717) is 19.6 Å². The van der Waals surface area contributed by atoms with Crippen molar-refractivity contribution in [2.24, 2.45) is 0 Å². The Balaban J connectivity index is 2.11. The van der Waals surface area contributed by atoms with E-state index in [4.69, 9.17) is 0 Å². The molecule has 2 fully saturated rings. The molecule has 1 N–H and O–H groups in total. The summed E-state index contributed by atoms with van der Waals surface area (Å²) in [7, 11) is -3.32. The molecule has 0 amide bonds. The van der Waals surface area contributed by atoms with Gasteiger partial charge in [0.05, 0.1) is 6.61 Å². The van der Waals surface area contributed by atoms with Crippen LogP contribution in [0.2, 0.25) is 0 Å². The summed E-state index contributed by atoms with van der Waals surface area (Å²) in [5.74, 6) is 0. The van der Waals surface area contributed by atoms with Gasteiger partial charge in [-0.15, -0.1) is 0 Å². The van der Waals surface area contributed by atoms with Crippen LogP contribution in [-0.4, -0.2) is 54.4 Å². The first kappa shape index (κ1) is 12.3. The van der Waals surface area contributed by atoms with Crippen LogP contribution in [0.3, 0.4) is 0 Å². The molecule has 0 aliphatic carbocycles. The van der Waals surface area contributed by atoms with E-state index in [-0.39, 0.29) is 12.6 Å². The number of rotatable bonds is 3. The predicted molar refractivity (Wildman–Crippen MR) is 61.2 cm³/mol. The summed E-state index contributed by atoms with van der Waals surface area (Å²) in [6, 6.07) is -0.202. The van der Waals surface area contributed by atoms with Crippen LogP contribution in [0.15, 0.2) is 0 Å². The minimum absolute atomic E-state index is 0.0624. The quantitative estimate of drug-likeness (QED) is 0.774. The van der Waals surface area contributed by atoms with Gasteiger partial charge in [0.1, 0.15) is 0 Å². The average Bonchev–Trinajstić information content (AvgIpc) is 2.79. The van der Waals surface area contributed by atoms with Crippen LogP contribution in [0.5, 0.6) is 0 Å². The normalized spacial score (nSPS) is 29.7. The van der Waals surface area contributed by atoms with Crippen LogP contribution in [0, 0.1) is 0 Å². The van der Waals surface area contributed by atoms with Gasteiger partial charge in [0, 0.05) is 25.7 Å². The van der Waals surface area contributed by atoms with Crippen molar-refractivity contribution in [2.75, 3.05) is 26.2 Å². The lowest BCUT2D eigenvalue weighted by atomic mass is 10.2. The Bertz CT molecular complexity index is 325. The summed E-state index contributed by atoms with van der Waals surface area (Å²) in [5.41, 5.74) is 0. The molecule has 2 rings (SSSR count). The second-order valence-electron chi connectivity index (χ2n) is 4.56. The van der Waals surface area contributed by atoms with E-state index in [1.165, 1.54) is 4.31 Å². The van der Waals surface area contributed by atoms with Crippen molar-refractivity contribution in [3.63, 3.8) is 0 Å². The SMILES string of the molecule is O=S(=O)(N1CCCCC1)N1CCCC1CO. The summed E-state index contributed by atoms with van der Waals surface area (Å²) in [4.78, 5) is 0. The van der Waals surface area contributed by atoms with Crippen molar-refractivity contribution in [1.82, 2.24) is 8.61 Å². The number of aliphatic hydroxyl groups is 1. The second-order valence-corrected chi connectivity index (χ2v) is 6.44. The molecule has 5 nitrogen and oxygen atoms in total. The molecule has 94 valence electrons. The maximum atomic E-state index is 12.3. The van der Waals surface area contributed by atoms with Crippen LogP contribution in [-0.2, 0) is 10.2 Å². The fourth-order valence-electron chi connectivity index (χ4n) is 2.54. The highest BCUT2D eigenvalue weighted by Crippen LogP contribution is 2.24. The Labute approximate surface area is 97.2 Å². The van der Waals surface area contributed by atoms with E-state index in [0.717, 1.165) is 32.1 Å². The molecule has 0 radical (unpaired) electrons. The van der Waals surface area contributed by atoms with Crippen molar-refractivity contribution >= 4 is 10.2 Å². The molecule has 2 saturated heterocycles. The van der Waals surface area contributed by atoms with E-state index in [1.54, 1.807) is 4.31 Å². The van der Waals surface area contributed by atoms with Gasteiger partial charge in [-0.3, -0.25) is 0 Å². The molecular weight excluding hydrogens is 228 g/mol. The molecule has 2 heterocycles. The lowest BCUT2D eigenvalue weighted by molar-refractivity contribution is 0.203. The van der Waals surface area contributed by atoms with Crippen LogP contribution in [0.1, 0.15) is 32.1 Å². The zero-order valence-corrected chi connectivity index (χ0v) is 10.3. The number of aliphatic hydroxyl groups excluding tert-OH is 1. The Kier molecular flexibility index (Phi) is 3.84. The molecule has 0 aromatic rings. The van der Waals surface area contributed by atoms with Crippen molar-refractivity contribution in [3.8, 4) is 0 Å². The molecule has 0 bridgehead atoms. The van der Waals surface area contributed by atoms with Gasteiger partial charge in [-0.25, -0.2) is 0 Å². The summed E-state index contributed by atoms with van der Waals surface area (Å²) < 4.78 is 27.7. The molecule has 16 heavy (non-hydrogen) atoms. The Morgan fingerprint density at radius 1 is 1.06 bits per heavy atom. The number of hydrogen-bond donors (Lipinski definition) is 1. The van der Waals surface area contributed by atoms with E-state index in [9.17, 15) is 13.5 Å². The highest BCUT2D eigenvalue weighted by molar-refractivity contribution is 7.86. The summed E-state index contributed by atoms with van der Waals surface area (Å²) in [6.45, 7) is 1.77. The average molecular weight is 248 g/mol. The molecule has 0 spiro atoms. The van der Waals surface area contributed by atoms with Crippen molar-refractivity contribution in [2.45, 2.75) is 38.1 Å². The molecule has 0 saturated carbocycles. The van der Waals surface area contributed by atoms with E-state index < -0.39 is 10.2 Å². The van der Waals surface area contributed by atoms with Crippen LogP contribution < -0.4 is 0 Å². The van der Waals surface area contributed by atoms with Gasteiger partial charge in [-0.1, -0.05) is 6.42 Å². The van der Waals surface area contributed by atoms with Gasteiger partial charge in [-0.2, -0.15) is 17.0 Å². The lowest BCUT2D eigenvalue weighted by Gasteiger charge is -2.32. The first-order chi connectivity index (χ1) is 7.66. The first-order valence-corrected chi connectivity index (χ1v) is 7.44. The van der Waals surface area contributed by atoms with E-state index in [1.807, 2.05) is 0 Å². The maximum Gasteiger partial charge on any atom is 0.282 e. The first-order valence-electron chi connectivity index (χ1n) is 6.04. The highest BCUT2D eigenvalue weighted by Gasteiger charge is 2.37. The molecular formula is C10H20N2O3S. The summed E-state index contributed by atoms with van der Waals surface area (Å²) >= 11 is 0. The van der Waals surface area contributed by atoms with Crippen LogP contribution in [0.25, 0.3) is 0 Å². The lowest BCUT2D eigenvalue weighted by Crippen LogP contribution is -2.48. The van der Waals surface area contributed by atoms with Crippen molar-refractivity contribution in [3.05, 3.63) is 0 Å². The van der Waals surface area contributed by atoms with Gasteiger partial charge in [0.25, 0.3) is 10.2 Å². The fraction of sp³-hybridized carbons (Fsp3) is 1.00. The molecule has 1 atom stereocenters. The maximum absolute atomic E-state index is 12.3.